The molecule has 0 radical (unpaired) electrons. The Morgan fingerprint density at radius 1 is 1.23 bits per heavy atom. The molecule has 3 N–H and O–H groups in total. The number of aliphatic hydroxyl groups excluding tert-OH is 2. The van der Waals surface area contributed by atoms with Crippen LogP contribution in [0, 0.1) is 29.1 Å². The topological polar surface area (TPSA) is 95.9 Å². The Bertz CT molecular complexity index is 772. The first kappa shape index (κ1) is 24.1. The third kappa shape index (κ3) is 4.14. The largest absolute Gasteiger partial charge is 0.390 e. The Hall–Kier alpha value is -1.50. The molecule has 2 aliphatic carbocycles. The molecule has 3 aliphatic rings. The summed E-state index contributed by atoms with van der Waals surface area (Å²) in [5.41, 5.74) is 0.994. The van der Waals surface area contributed by atoms with Crippen LogP contribution < -0.4 is 5.32 Å². The Kier molecular flexibility index (Phi) is 7.14. The predicted molar refractivity (Wildman–Crippen MR) is 119 cm³/mol. The molecule has 6 heteroatoms. The van der Waals surface area contributed by atoms with Gasteiger partial charge in [0.1, 0.15) is 11.5 Å². The van der Waals surface area contributed by atoms with Crippen molar-refractivity contribution in [1.82, 2.24) is 5.32 Å². The van der Waals surface area contributed by atoms with Gasteiger partial charge in [0, 0.05) is 31.4 Å². The van der Waals surface area contributed by atoms with Gasteiger partial charge in [-0.2, -0.15) is 0 Å². The van der Waals surface area contributed by atoms with Crippen molar-refractivity contribution < 1.29 is 24.5 Å². The SMILES string of the molecule is CO[C@@H]1CC(=O)[C@]23C(=O)N[C@H](CC(C)C)[C@@H]2[C@H](C)C(C)=C[C@@H]3/C=C(/C)CC[C@@H](O)[C@@H]1O. The van der Waals surface area contributed by atoms with Crippen LogP contribution in [0.25, 0.3) is 0 Å². The fourth-order valence-corrected chi connectivity index (χ4v) is 6.08. The quantitative estimate of drug-likeness (QED) is 0.470. The van der Waals surface area contributed by atoms with Crippen LogP contribution in [0.15, 0.2) is 23.3 Å². The minimum atomic E-state index is -1.22. The van der Waals surface area contributed by atoms with Crippen LogP contribution in [0.1, 0.15) is 60.3 Å². The highest BCUT2D eigenvalue weighted by molar-refractivity contribution is 6.09. The molecular weight excluding hydrogens is 394 g/mol. The summed E-state index contributed by atoms with van der Waals surface area (Å²) < 4.78 is 5.45. The number of rotatable bonds is 3. The van der Waals surface area contributed by atoms with Crippen molar-refractivity contribution in [1.29, 1.82) is 0 Å². The number of aliphatic hydroxyl groups is 2. The van der Waals surface area contributed by atoms with Gasteiger partial charge in [-0.05, 0) is 44.9 Å². The van der Waals surface area contributed by atoms with Gasteiger partial charge in [0.15, 0.2) is 5.78 Å². The number of carbonyl (C=O) groups excluding carboxylic acids is 2. The number of allylic oxidation sites excluding steroid dienone is 4. The van der Waals surface area contributed by atoms with Crippen molar-refractivity contribution in [3.05, 3.63) is 23.3 Å². The van der Waals surface area contributed by atoms with E-state index in [1.54, 1.807) is 0 Å². The fourth-order valence-electron chi connectivity index (χ4n) is 6.08. The van der Waals surface area contributed by atoms with Crippen molar-refractivity contribution in [3.8, 4) is 0 Å². The fraction of sp³-hybridized carbons (Fsp3) is 0.760. The van der Waals surface area contributed by atoms with Gasteiger partial charge in [0.25, 0.3) is 0 Å². The highest BCUT2D eigenvalue weighted by atomic mass is 16.5. The second-order valence-corrected chi connectivity index (χ2v) is 10.3. The Labute approximate surface area is 186 Å². The highest BCUT2D eigenvalue weighted by Gasteiger charge is 2.65. The van der Waals surface area contributed by atoms with E-state index in [9.17, 15) is 19.8 Å². The van der Waals surface area contributed by atoms with E-state index in [1.807, 2.05) is 13.0 Å². The van der Waals surface area contributed by atoms with E-state index in [-0.39, 0.29) is 41.9 Å². The third-order valence-corrected chi connectivity index (χ3v) is 7.83. The number of methoxy groups -OCH3 is 1. The zero-order valence-corrected chi connectivity index (χ0v) is 19.7. The first-order chi connectivity index (χ1) is 14.5. The molecule has 3 rings (SSSR count). The molecule has 31 heavy (non-hydrogen) atoms. The molecule has 8 atom stereocenters. The molecule has 1 fully saturated rings. The summed E-state index contributed by atoms with van der Waals surface area (Å²) in [6.07, 6.45) is 2.79. The first-order valence-electron chi connectivity index (χ1n) is 11.6. The monoisotopic (exact) mass is 433 g/mol. The normalized spacial score (nSPS) is 43.3. The molecule has 0 saturated carbocycles. The molecular formula is C25H39NO5. The van der Waals surface area contributed by atoms with Crippen LogP contribution in [0.4, 0.5) is 0 Å². The smallest absolute Gasteiger partial charge is 0.235 e. The van der Waals surface area contributed by atoms with E-state index in [2.05, 4.69) is 39.1 Å². The number of hydrogen-bond acceptors (Lipinski definition) is 5. The van der Waals surface area contributed by atoms with E-state index in [4.69, 9.17) is 4.74 Å². The summed E-state index contributed by atoms with van der Waals surface area (Å²) in [7, 11) is 1.44. The highest BCUT2D eigenvalue weighted by Crippen LogP contribution is 2.55. The van der Waals surface area contributed by atoms with E-state index in [0.29, 0.717) is 18.8 Å². The van der Waals surface area contributed by atoms with Gasteiger partial charge >= 0.3 is 0 Å². The average Bonchev–Trinajstić information content (AvgIpc) is 2.98. The van der Waals surface area contributed by atoms with E-state index < -0.39 is 23.7 Å². The molecule has 1 amide bonds. The summed E-state index contributed by atoms with van der Waals surface area (Å²) in [6.45, 7) is 10.4. The minimum Gasteiger partial charge on any atom is -0.390 e. The third-order valence-electron chi connectivity index (χ3n) is 7.83. The lowest BCUT2D eigenvalue weighted by Gasteiger charge is -2.45. The standard InChI is InChI=1S/C25H39NO5/c1-13(2)9-18-22-16(5)15(4)11-17-10-14(3)7-8-19(27)23(29)20(31-6)12-21(28)25(17,22)24(30)26-18/h10-11,13,16-20,22-23,27,29H,7-9,12H2,1-6H3,(H,26,30)/b14-10-/t16-,17+,18-,19-,20-,22+,23+,25+/m1/s1. The van der Waals surface area contributed by atoms with Crippen molar-refractivity contribution in [2.45, 2.75) is 84.7 Å². The van der Waals surface area contributed by atoms with Crippen molar-refractivity contribution >= 4 is 11.7 Å². The van der Waals surface area contributed by atoms with Crippen molar-refractivity contribution in [2.75, 3.05) is 7.11 Å². The summed E-state index contributed by atoms with van der Waals surface area (Å²) in [5.74, 6) is -0.445. The van der Waals surface area contributed by atoms with Gasteiger partial charge in [-0.3, -0.25) is 9.59 Å². The molecule has 0 bridgehead atoms. The Morgan fingerprint density at radius 2 is 1.90 bits per heavy atom. The van der Waals surface area contributed by atoms with Crippen molar-refractivity contribution in [2.24, 2.45) is 29.1 Å². The van der Waals surface area contributed by atoms with Crippen LogP contribution in [-0.4, -0.2) is 53.4 Å². The number of ether oxygens (including phenoxy) is 1. The molecule has 1 aliphatic heterocycles. The number of ketones is 1. The van der Waals surface area contributed by atoms with Gasteiger partial charge in [0.2, 0.25) is 5.91 Å². The predicted octanol–water partition coefficient (Wildman–Crippen LogP) is 2.78. The minimum absolute atomic E-state index is 0.0760. The lowest BCUT2D eigenvalue weighted by molar-refractivity contribution is -0.149. The molecule has 0 aromatic carbocycles. The molecule has 0 aromatic heterocycles. The summed E-state index contributed by atoms with van der Waals surface area (Å²) in [6, 6.07) is -0.0760. The van der Waals surface area contributed by atoms with E-state index >= 15 is 0 Å². The average molecular weight is 434 g/mol. The Morgan fingerprint density at radius 3 is 2.52 bits per heavy atom. The number of amides is 1. The van der Waals surface area contributed by atoms with Gasteiger partial charge in [-0.1, -0.05) is 44.1 Å². The van der Waals surface area contributed by atoms with E-state index in [1.165, 1.54) is 12.7 Å². The van der Waals surface area contributed by atoms with Gasteiger partial charge in [0.05, 0.1) is 12.2 Å². The molecule has 6 nitrogen and oxygen atoms in total. The number of carbonyl (C=O) groups is 2. The van der Waals surface area contributed by atoms with Crippen LogP contribution >= 0.6 is 0 Å². The molecule has 0 unspecified atom stereocenters. The molecule has 1 heterocycles. The lowest BCUT2D eigenvalue weighted by Crippen LogP contribution is -2.54. The second-order valence-electron chi connectivity index (χ2n) is 10.3. The van der Waals surface area contributed by atoms with Crippen LogP contribution in [0.5, 0.6) is 0 Å². The zero-order chi connectivity index (χ0) is 23.1. The maximum Gasteiger partial charge on any atom is 0.235 e. The maximum absolute atomic E-state index is 14.0. The summed E-state index contributed by atoms with van der Waals surface area (Å²) >= 11 is 0. The van der Waals surface area contributed by atoms with Gasteiger partial charge < -0.3 is 20.3 Å². The zero-order valence-electron chi connectivity index (χ0n) is 19.7. The Balaban J connectivity index is 2.19. The number of hydrogen-bond donors (Lipinski definition) is 3. The molecule has 0 aromatic rings. The van der Waals surface area contributed by atoms with Gasteiger partial charge in [-0.25, -0.2) is 0 Å². The second kappa shape index (κ2) is 9.16. The summed E-state index contributed by atoms with van der Waals surface area (Å²) in [5, 5.41) is 24.3. The molecule has 1 spiro atoms. The maximum atomic E-state index is 14.0. The van der Waals surface area contributed by atoms with Crippen molar-refractivity contribution in [3.63, 3.8) is 0 Å². The summed E-state index contributed by atoms with van der Waals surface area (Å²) in [4.78, 5) is 27.7. The first-order valence-corrected chi connectivity index (χ1v) is 11.6. The van der Waals surface area contributed by atoms with Crippen LogP contribution in [0.3, 0.4) is 0 Å². The molecule has 1 saturated heterocycles. The van der Waals surface area contributed by atoms with Crippen LogP contribution in [-0.2, 0) is 14.3 Å². The van der Waals surface area contributed by atoms with E-state index in [0.717, 1.165) is 12.0 Å². The molecule has 174 valence electrons. The number of nitrogens with one attached hydrogen (secondary N) is 1. The number of Topliss-reactive ketones (excluding diaryl/α,β-unsaturated/α-hetero) is 1. The lowest BCUT2D eigenvalue weighted by atomic mass is 9.54. The van der Waals surface area contributed by atoms with Gasteiger partial charge in [-0.15, -0.1) is 0 Å². The van der Waals surface area contributed by atoms with Crippen LogP contribution in [0.2, 0.25) is 0 Å².